The molecule has 17 heavy (non-hydrogen) atoms. The number of halogens is 4. The highest BCUT2D eigenvalue weighted by Gasteiger charge is 2.27. The Bertz CT molecular complexity index is 429. The predicted octanol–water partition coefficient (Wildman–Crippen LogP) is 3.41. The van der Waals surface area contributed by atoms with E-state index in [1.54, 1.807) is 0 Å². The fraction of sp³-hybridized carbons (Fsp3) is 0.300. The van der Waals surface area contributed by atoms with Crippen molar-refractivity contribution in [2.24, 2.45) is 10.7 Å². The maximum atomic E-state index is 13.3. The van der Waals surface area contributed by atoms with Gasteiger partial charge >= 0.3 is 6.18 Å². The van der Waals surface area contributed by atoms with Gasteiger partial charge in [0.15, 0.2) is 0 Å². The van der Waals surface area contributed by atoms with Crippen LogP contribution in [0, 0.1) is 12.7 Å². The van der Waals surface area contributed by atoms with Gasteiger partial charge in [0.2, 0.25) is 0 Å². The summed E-state index contributed by atoms with van der Waals surface area (Å²) in [5, 5.41) is 0. The van der Waals surface area contributed by atoms with E-state index >= 15 is 0 Å². The minimum Gasteiger partial charge on any atom is -0.390 e. The zero-order valence-corrected chi connectivity index (χ0v) is 9.70. The Hall–Kier alpha value is -1.24. The average molecular weight is 266 g/mol. The second-order valence-electron chi connectivity index (χ2n) is 3.25. The summed E-state index contributed by atoms with van der Waals surface area (Å²) in [4.78, 5) is 3.87. The number of hydrogen-bond donors (Lipinski definition) is 1. The highest BCUT2D eigenvalue weighted by molar-refractivity contribution is 7.99. The summed E-state index contributed by atoms with van der Waals surface area (Å²) < 4.78 is 49.5. The summed E-state index contributed by atoms with van der Waals surface area (Å²) in [6, 6.07) is 2.39. The van der Waals surface area contributed by atoms with Crippen LogP contribution in [-0.2, 0) is 0 Å². The van der Waals surface area contributed by atoms with Crippen molar-refractivity contribution in [2.75, 3.05) is 5.75 Å². The summed E-state index contributed by atoms with van der Waals surface area (Å²) in [6.07, 6.45) is -3.37. The predicted molar refractivity (Wildman–Crippen MR) is 60.3 cm³/mol. The molecule has 0 fully saturated rings. The molecule has 0 spiro atoms. The van der Waals surface area contributed by atoms with Gasteiger partial charge in [-0.1, -0.05) is 0 Å². The van der Waals surface area contributed by atoms with Gasteiger partial charge in [-0.15, -0.1) is 11.8 Å². The van der Waals surface area contributed by atoms with E-state index in [9.17, 15) is 17.6 Å². The Morgan fingerprint density at radius 3 is 2.59 bits per heavy atom. The molecule has 0 saturated carbocycles. The molecule has 1 rings (SSSR count). The molecule has 0 aliphatic carbocycles. The van der Waals surface area contributed by atoms with Gasteiger partial charge in [0, 0.05) is 4.90 Å². The van der Waals surface area contributed by atoms with Gasteiger partial charge < -0.3 is 5.73 Å². The van der Waals surface area contributed by atoms with Gasteiger partial charge in [-0.3, -0.25) is 0 Å². The largest absolute Gasteiger partial charge is 0.398 e. The highest BCUT2D eigenvalue weighted by Crippen LogP contribution is 2.33. The molecule has 7 heteroatoms. The first kappa shape index (κ1) is 13.8. The molecule has 0 atom stereocenters. The maximum absolute atomic E-state index is 13.3. The maximum Gasteiger partial charge on any atom is 0.398 e. The van der Waals surface area contributed by atoms with Crippen LogP contribution < -0.4 is 5.73 Å². The molecule has 0 bridgehead atoms. The smallest absolute Gasteiger partial charge is 0.390 e. The van der Waals surface area contributed by atoms with E-state index in [0.717, 1.165) is 12.4 Å². The Balaban J connectivity index is 2.96. The molecule has 0 radical (unpaired) electrons. The van der Waals surface area contributed by atoms with Gasteiger partial charge in [-0.25, -0.2) is 9.38 Å². The normalized spacial score (nSPS) is 12.3. The number of aryl methyl sites for hydroxylation is 1. The van der Waals surface area contributed by atoms with Crippen LogP contribution in [0.1, 0.15) is 5.56 Å². The van der Waals surface area contributed by atoms with Crippen molar-refractivity contribution in [3.63, 3.8) is 0 Å². The van der Waals surface area contributed by atoms with E-state index in [0.29, 0.717) is 22.2 Å². The van der Waals surface area contributed by atoms with E-state index in [-0.39, 0.29) is 5.69 Å². The summed E-state index contributed by atoms with van der Waals surface area (Å²) in [6.45, 7) is 1.54. The lowest BCUT2D eigenvalue weighted by Gasteiger charge is -2.09. The van der Waals surface area contributed by atoms with Gasteiger partial charge in [0.25, 0.3) is 0 Å². The van der Waals surface area contributed by atoms with E-state index in [2.05, 4.69) is 4.99 Å². The molecule has 0 aromatic heterocycles. The lowest BCUT2D eigenvalue weighted by molar-refractivity contribution is -0.105. The third kappa shape index (κ3) is 4.26. The third-order valence-corrected chi connectivity index (χ3v) is 3.07. The molecule has 0 unspecified atom stereocenters. The Morgan fingerprint density at radius 2 is 2.06 bits per heavy atom. The van der Waals surface area contributed by atoms with Crippen molar-refractivity contribution in [2.45, 2.75) is 18.0 Å². The average Bonchev–Trinajstić information content (AvgIpc) is 2.19. The molecule has 1 aromatic carbocycles. The van der Waals surface area contributed by atoms with E-state index in [1.807, 2.05) is 0 Å². The molecule has 1 aromatic rings. The fourth-order valence-electron chi connectivity index (χ4n) is 1.14. The Morgan fingerprint density at radius 1 is 1.41 bits per heavy atom. The van der Waals surface area contributed by atoms with Crippen LogP contribution in [0.25, 0.3) is 0 Å². The van der Waals surface area contributed by atoms with Crippen LogP contribution in [-0.4, -0.2) is 18.3 Å². The molecule has 2 N–H and O–H groups in total. The number of aliphatic imine (C=N–C) groups is 1. The monoisotopic (exact) mass is 266 g/mol. The first-order valence-corrected chi connectivity index (χ1v) is 5.56. The summed E-state index contributed by atoms with van der Waals surface area (Å²) in [5.74, 6) is -1.63. The molecular formula is C10H10F4N2S. The van der Waals surface area contributed by atoms with Gasteiger partial charge in [-0.05, 0) is 24.6 Å². The van der Waals surface area contributed by atoms with Crippen molar-refractivity contribution in [1.82, 2.24) is 0 Å². The zero-order chi connectivity index (χ0) is 13.1. The number of hydrogen-bond acceptors (Lipinski definition) is 2. The number of thioether (sulfide) groups is 1. The second kappa shape index (κ2) is 5.39. The minimum absolute atomic E-state index is 0.0669. The Kier molecular flexibility index (Phi) is 4.39. The number of nitrogens with two attached hydrogens (primary N) is 1. The molecule has 0 saturated heterocycles. The molecule has 2 nitrogen and oxygen atoms in total. The van der Waals surface area contributed by atoms with Gasteiger partial charge in [0.05, 0.1) is 12.1 Å². The highest BCUT2D eigenvalue weighted by atomic mass is 32.2. The molecule has 0 heterocycles. The van der Waals surface area contributed by atoms with Crippen molar-refractivity contribution in [1.29, 1.82) is 0 Å². The topological polar surface area (TPSA) is 38.4 Å². The van der Waals surface area contributed by atoms with E-state index in [4.69, 9.17) is 5.73 Å². The lowest BCUT2D eigenvalue weighted by Crippen LogP contribution is -2.10. The number of benzene rings is 1. The minimum atomic E-state index is -4.26. The van der Waals surface area contributed by atoms with Crippen LogP contribution in [0.5, 0.6) is 0 Å². The van der Waals surface area contributed by atoms with E-state index in [1.165, 1.54) is 13.0 Å². The van der Waals surface area contributed by atoms with Crippen LogP contribution in [0.3, 0.4) is 0 Å². The zero-order valence-electron chi connectivity index (χ0n) is 8.88. The Labute approximate surface area is 99.9 Å². The lowest BCUT2D eigenvalue weighted by atomic mass is 10.2. The SMILES string of the molecule is Cc1cc(F)c(N=CN)cc1SCC(F)(F)F. The molecule has 94 valence electrons. The number of rotatable bonds is 3. The number of nitrogens with zero attached hydrogens (tertiary/aromatic N) is 1. The second-order valence-corrected chi connectivity index (χ2v) is 4.27. The quantitative estimate of drug-likeness (QED) is 0.394. The van der Waals surface area contributed by atoms with Crippen LogP contribution in [0.2, 0.25) is 0 Å². The summed E-state index contributed by atoms with van der Waals surface area (Å²) in [7, 11) is 0. The summed E-state index contributed by atoms with van der Waals surface area (Å²) >= 11 is 0.596. The van der Waals surface area contributed by atoms with Crippen LogP contribution >= 0.6 is 11.8 Å². The molecular weight excluding hydrogens is 256 g/mol. The van der Waals surface area contributed by atoms with Crippen LogP contribution in [0.4, 0.5) is 23.2 Å². The van der Waals surface area contributed by atoms with Gasteiger partial charge in [-0.2, -0.15) is 13.2 Å². The van der Waals surface area contributed by atoms with Crippen LogP contribution in [0.15, 0.2) is 22.0 Å². The van der Waals surface area contributed by atoms with Crippen molar-refractivity contribution < 1.29 is 17.6 Å². The van der Waals surface area contributed by atoms with Crippen molar-refractivity contribution in [3.05, 3.63) is 23.5 Å². The summed E-state index contributed by atoms with van der Waals surface area (Å²) in [5.41, 5.74) is 5.39. The van der Waals surface area contributed by atoms with E-state index < -0.39 is 17.7 Å². The van der Waals surface area contributed by atoms with Gasteiger partial charge in [0.1, 0.15) is 11.5 Å². The molecule has 0 aliphatic rings. The molecule has 0 aliphatic heterocycles. The third-order valence-electron chi connectivity index (χ3n) is 1.85. The number of alkyl halides is 3. The van der Waals surface area contributed by atoms with Crippen molar-refractivity contribution in [3.8, 4) is 0 Å². The standard InChI is InChI=1S/C10H10F4N2S/c1-6-2-7(11)8(16-5-15)3-9(6)17-4-10(12,13)14/h2-3,5H,4H2,1H3,(H2,15,16). The van der Waals surface area contributed by atoms with Crippen molar-refractivity contribution >= 4 is 23.8 Å². The molecule has 0 amide bonds. The fourth-order valence-corrected chi connectivity index (χ4v) is 1.94. The first-order chi connectivity index (χ1) is 7.83. The first-order valence-electron chi connectivity index (χ1n) is 4.57.